The number of aryl methyl sites for hydroxylation is 2. The van der Waals surface area contributed by atoms with E-state index in [1.807, 2.05) is 39.0 Å². The maximum Gasteiger partial charge on any atom is 0.242 e. The minimum Gasteiger partial charge on any atom is -0.394 e. The standard InChI is InChI=1S/C14H20ClNO2/c1-4-12-7-5-6-10(2)14(12)16(11(3)9-17)13(18)8-15/h5-7,11,17H,4,8-9H2,1-3H3. The summed E-state index contributed by atoms with van der Waals surface area (Å²) in [6.45, 7) is 5.74. The molecule has 0 saturated carbocycles. The molecule has 1 N–H and O–H groups in total. The average molecular weight is 270 g/mol. The van der Waals surface area contributed by atoms with Gasteiger partial charge in [-0.2, -0.15) is 0 Å². The molecule has 0 radical (unpaired) electrons. The molecule has 1 unspecified atom stereocenters. The fraction of sp³-hybridized carbons (Fsp3) is 0.500. The molecule has 0 aromatic heterocycles. The maximum atomic E-state index is 12.0. The number of carbonyl (C=O) groups is 1. The third kappa shape index (κ3) is 3.03. The summed E-state index contributed by atoms with van der Waals surface area (Å²) < 4.78 is 0. The maximum absolute atomic E-state index is 12.0. The third-order valence-electron chi connectivity index (χ3n) is 3.03. The number of halogens is 1. The highest BCUT2D eigenvalue weighted by Gasteiger charge is 2.24. The summed E-state index contributed by atoms with van der Waals surface area (Å²) in [4.78, 5) is 13.6. The van der Waals surface area contributed by atoms with E-state index in [2.05, 4.69) is 0 Å². The van der Waals surface area contributed by atoms with Crippen LogP contribution in [0, 0.1) is 6.92 Å². The lowest BCUT2D eigenvalue weighted by Gasteiger charge is -2.31. The van der Waals surface area contributed by atoms with Crippen LogP contribution in [0.2, 0.25) is 0 Å². The van der Waals surface area contributed by atoms with E-state index in [1.165, 1.54) is 0 Å². The van der Waals surface area contributed by atoms with E-state index in [0.29, 0.717) is 0 Å². The molecule has 3 nitrogen and oxygen atoms in total. The van der Waals surface area contributed by atoms with Gasteiger partial charge in [0.25, 0.3) is 0 Å². The fourth-order valence-electron chi connectivity index (χ4n) is 2.09. The minimum absolute atomic E-state index is 0.0815. The van der Waals surface area contributed by atoms with Crippen molar-refractivity contribution in [2.45, 2.75) is 33.2 Å². The monoisotopic (exact) mass is 269 g/mol. The van der Waals surface area contributed by atoms with Gasteiger partial charge in [0.2, 0.25) is 5.91 Å². The topological polar surface area (TPSA) is 40.5 Å². The van der Waals surface area contributed by atoms with E-state index in [4.69, 9.17) is 11.6 Å². The summed E-state index contributed by atoms with van der Waals surface area (Å²) in [6.07, 6.45) is 0.835. The van der Waals surface area contributed by atoms with Crippen LogP contribution in [-0.4, -0.2) is 29.5 Å². The molecule has 1 rings (SSSR count). The van der Waals surface area contributed by atoms with Gasteiger partial charge in [0, 0.05) is 0 Å². The van der Waals surface area contributed by atoms with E-state index in [-0.39, 0.29) is 24.4 Å². The number of hydrogen-bond acceptors (Lipinski definition) is 2. The molecule has 1 atom stereocenters. The molecule has 0 heterocycles. The van der Waals surface area contributed by atoms with Crippen LogP contribution >= 0.6 is 11.6 Å². The number of rotatable bonds is 5. The van der Waals surface area contributed by atoms with E-state index in [1.54, 1.807) is 4.90 Å². The normalized spacial score (nSPS) is 12.3. The number of anilines is 1. The van der Waals surface area contributed by atoms with Crippen LogP contribution in [0.4, 0.5) is 5.69 Å². The largest absolute Gasteiger partial charge is 0.394 e. The Hall–Kier alpha value is -1.06. The predicted molar refractivity (Wildman–Crippen MR) is 75.3 cm³/mol. The molecule has 0 spiro atoms. The summed E-state index contributed by atoms with van der Waals surface area (Å²) in [5.74, 6) is -0.260. The molecule has 0 bridgehead atoms. The van der Waals surface area contributed by atoms with Crippen LogP contribution in [0.25, 0.3) is 0 Å². The van der Waals surface area contributed by atoms with Gasteiger partial charge in [0.1, 0.15) is 5.88 Å². The number of amides is 1. The minimum atomic E-state index is -0.275. The van der Waals surface area contributed by atoms with Gasteiger partial charge in [-0.3, -0.25) is 4.79 Å². The highest BCUT2D eigenvalue weighted by molar-refractivity contribution is 6.29. The molecule has 1 aromatic carbocycles. The first-order valence-corrected chi connectivity index (χ1v) is 6.67. The van der Waals surface area contributed by atoms with E-state index < -0.39 is 0 Å². The predicted octanol–water partition coefficient (Wildman–Crippen LogP) is 2.51. The Morgan fingerprint density at radius 3 is 2.67 bits per heavy atom. The first kappa shape index (κ1) is 15.0. The lowest BCUT2D eigenvalue weighted by molar-refractivity contribution is -0.116. The number of aliphatic hydroxyl groups is 1. The third-order valence-corrected chi connectivity index (χ3v) is 3.26. The van der Waals surface area contributed by atoms with Crippen molar-refractivity contribution in [3.63, 3.8) is 0 Å². The van der Waals surface area contributed by atoms with E-state index in [9.17, 15) is 9.90 Å². The molecule has 0 aliphatic rings. The van der Waals surface area contributed by atoms with E-state index in [0.717, 1.165) is 23.2 Å². The highest BCUT2D eigenvalue weighted by atomic mass is 35.5. The van der Waals surface area contributed by atoms with Crippen LogP contribution in [0.3, 0.4) is 0 Å². The van der Waals surface area contributed by atoms with Crippen molar-refractivity contribution in [2.24, 2.45) is 0 Å². The lowest BCUT2D eigenvalue weighted by atomic mass is 10.0. The first-order valence-electron chi connectivity index (χ1n) is 6.14. The van der Waals surface area contributed by atoms with Crippen molar-refractivity contribution in [3.8, 4) is 0 Å². The lowest BCUT2D eigenvalue weighted by Crippen LogP contribution is -2.42. The van der Waals surface area contributed by atoms with Crippen molar-refractivity contribution in [1.29, 1.82) is 0 Å². The summed E-state index contributed by atoms with van der Waals surface area (Å²) in [5.41, 5.74) is 2.99. The number of para-hydroxylation sites is 1. The second kappa shape index (κ2) is 6.76. The van der Waals surface area contributed by atoms with Gasteiger partial charge in [-0.25, -0.2) is 0 Å². The first-order chi connectivity index (χ1) is 8.56. The van der Waals surface area contributed by atoms with Crippen molar-refractivity contribution in [3.05, 3.63) is 29.3 Å². The number of hydrogen-bond donors (Lipinski definition) is 1. The summed E-state index contributed by atoms with van der Waals surface area (Å²) in [7, 11) is 0. The molecule has 0 aliphatic heterocycles. The summed E-state index contributed by atoms with van der Waals surface area (Å²) in [6, 6.07) is 5.67. The molecule has 1 aromatic rings. The van der Waals surface area contributed by atoms with Crippen LogP contribution < -0.4 is 4.90 Å². The molecule has 100 valence electrons. The smallest absolute Gasteiger partial charge is 0.242 e. The molecule has 0 fully saturated rings. The van der Waals surface area contributed by atoms with E-state index >= 15 is 0 Å². The zero-order chi connectivity index (χ0) is 13.7. The number of nitrogens with zero attached hydrogens (tertiary/aromatic N) is 1. The fourth-order valence-corrected chi connectivity index (χ4v) is 2.22. The number of carbonyl (C=O) groups excluding carboxylic acids is 1. The molecule has 0 aliphatic carbocycles. The van der Waals surface area contributed by atoms with Gasteiger partial charge in [-0.1, -0.05) is 25.1 Å². The molecule has 0 saturated heterocycles. The Balaban J connectivity index is 3.32. The van der Waals surface area contributed by atoms with Crippen molar-refractivity contribution in [1.82, 2.24) is 0 Å². The summed E-state index contributed by atoms with van der Waals surface area (Å²) >= 11 is 5.67. The molecule has 1 amide bonds. The van der Waals surface area contributed by atoms with Gasteiger partial charge < -0.3 is 10.0 Å². The zero-order valence-corrected chi connectivity index (χ0v) is 11.9. The van der Waals surface area contributed by atoms with Crippen LogP contribution in [0.15, 0.2) is 18.2 Å². The highest BCUT2D eigenvalue weighted by Crippen LogP contribution is 2.27. The average Bonchev–Trinajstić information content (AvgIpc) is 2.39. The molecular weight excluding hydrogens is 250 g/mol. The summed E-state index contributed by atoms with van der Waals surface area (Å²) in [5, 5.41) is 9.33. The van der Waals surface area contributed by atoms with Gasteiger partial charge >= 0.3 is 0 Å². The van der Waals surface area contributed by atoms with Gasteiger partial charge in [-0.05, 0) is 31.4 Å². The van der Waals surface area contributed by atoms with Crippen LogP contribution in [0.5, 0.6) is 0 Å². The Bertz CT molecular complexity index is 420. The second-order valence-electron chi connectivity index (χ2n) is 4.37. The molecular formula is C14H20ClNO2. The second-order valence-corrected chi connectivity index (χ2v) is 4.63. The van der Waals surface area contributed by atoms with Gasteiger partial charge in [-0.15, -0.1) is 11.6 Å². The molecule has 18 heavy (non-hydrogen) atoms. The Labute approximate surface area is 113 Å². The Kier molecular flexibility index (Phi) is 5.63. The number of benzene rings is 1. The van der Waals surface area contributed by atoms with Crippen molar-refractivity contribution >= 4 is 23.2 Å². The Morgan fingerprint density at radius 1 is 1.50 bits per heavy atom. The zero-order valence-electron chi connectivity index (χ0n) is 11.1. The van der Waals surface area contributed by atoms with Crippen LogP contribution in [-0.2, 0) is 11.2 Å². The van der Waals surface area contributed by atoms with Gasteiger partial charge in [0.15, 0.2) is 0 Å². The SMILES string of the molecule is CCc1cccc(C)c1N(C(=O)CCl)C(C)CO. The van der Waals surface area contributed by atoms with Crippen LogP contribution in [0.1, 0.15) is 25.0 Å². The van der Waals surface area contributed by atoms with Crippen molar-refractivity contribution in [2.75, 3.05) is 17.4 Å². The quantitative estimate of drug-likeness (QED) is 0.835. The van der Waals surface area contributed by atoms with Crippen molar-refractivity contribution < 1.29 is 9.90 Å². The molecule has 4 heteroatoms. The number of alkyl halides is 1. The Morgan fingerprint density at radius 2 is 2.17 bits per heavy atom. The number of aliphatic hydroxyl groups excluding tert-OH is 1. The van der Waals surface area contributed by atoms with Gasteiger partial charge in [0.05, 0.1) is 18.3 Å².